The zero-order chi connectivity index (χ0) is 29.3. The van der Waals surface area contributed by atoms with E-state index in [1.807, 2.05) is 0 Å². The standard InChI is InChI=1S/C31H39N3O6S/c1-6-40-30(36)26-17(2)33-29(22(15-32)27(26)21-10-23(37-3)28(39-5)24(11-21)38-4)41-16-25(35)34-31-12-18-7-19(13-31)9-20(8-18)14-31/h10-11,18-20,27,33H,6-9,12-14,16H2,1-5H3,(H,34,35). The monoisotopic (exact) mass is 581 g/mol. The van der Waals surface area contributed by atoms with Crippen LogP contribution in [-0.4, -0.2) is 51.1 Å². The smallest absolute Gasteiger partial charge is 0.336 e. The van der Waals surface area contributed by atoms with Gasteiger partial charge in [-0.2, -0.15) is 5.26 Å². The molecule has 1 aromatic rings. The lowest BCUT2D eigenvalue weighted by Gasteiger charge is -2.56. The van der Waals surface area contributed by atoms with Gasteiger partial charge in [-0.15, -0.1) is 0 Å². The quantitative estimate of drug-likeness (QED) is 0.376. The number of carbonyl (C=O) groups is 2. The molecule has 220 valence electrons. The molecule has 5 aliphatic rings. The van der Waals surface area contributed by atoms with Crippen LogP contribution in [-0.2, 0) is 14.3 Å². The summed E-state index contributed by atoms with van der Waals surface area (Å²) in [6.45, 7) is 3.71. The molecular formula is C31H39N3O6S. The van der Waals surface area contributed by atoms with Gasteiger partial charge >= 0.3 is 5.97 Å². The van der Waals surface area contributed by atoms with Gasteiger partial charge in [0.1, 0.15) is 0 Å². The van der Waals surface area contributed by atoms with Crippen LogP contribution in [0.2, 0.25) is 0 Å². The number of dihydropyridines is 1. The third-order valence-electron chi connectivity index (χ3n) is 8.95. The molecule has 4 saturated carbocycles. The average molecular weight is 582 g/mol. The Labute approximate surface area is 246 Å². The zero-order valence-corrected chi connectivity index (χ0v) is 25.2. The van der Waals surface area contributed by atoms with Crippen molar-refractivity contribution in [3.05, 3.63) is 39.6 Å². The lowest BCUT2D eigenvalue weighted by Crippen LogP contribution is -2.60. The van der Waals surface area contributed by atoms with Gasteiger partial charge in [-0.3, -0.25) is 4.79 Å². The van der Waals surface area contributed by atoms with E-state index in [0.717, 1.165) is 37.0 Å². The second-order valence-corrected chi connectivity index (χ2v) is 12.7. The molecule has 0 saturated heterocycles. The number of carbonyl (C=O) groups excluding carboxylic acids is 2. The number of methoxy groups -OCH3 is 3. The number of rotatable bonds is 10. The lowest BCUT2D eigenvalue weighted by atomic mass is 9.53. The van der Waals surface area contributed by atoms with E-state index in [1.165, 1.54) is 52.4 Å². The minimum Gasteiger partial charge on any atom is -0.493 e. The fourth-order valence-corrected chi connectivity index (χ4v) is 8.73. The number of nitriles is 1. The molecule has 1 aromatic carbocycles. The number of benzene rings is 1. The molecule has 6 rings (SSSR count). The van der Waals surface area contributed by atoms with Gasteiger partial charge in [-0.05, 0) is 87.8 Å². The molecule has 10 heteroatoms. The molecule has 41 heavy (non-hydrogen) atoms. The molecular weight excluding hydrogens is 542 g/mol. The van der Waals surface area contributed by atoms with Crippen molar-refractivity contribution in [3.63, 3.8) is 0 Å². The third kappa shape index (κ3) is 5.61. The summed E-state index contributed by atoms with van der Waals surface area (Å²) in [5.74, 6) is 2.27. The number of ether oxygens (including phenoxy) is 4. The van der Waals surface area contributed by atoms with E-state index >= 15 is 0 Å². The van der Waals surface area contributed by atoms with Crippen LogP contribution >= 0.6 is 11.8 Å². The summed E-state index contributed by atoms with van der Waals surface area (Å²) in [5, 5.41) is 17.6. The van der Waals surface area contributed by atoms with E-state index in [4.69, 9.17) is 18.9 Å². The van der Waals surface area contributed by atoms with Gasteiger partial charge in [-0.25, -0.2) is 4.79 Å². The van der Waals surface area contributed by atoms with Crippen LogP contribution in [0.15, 0.2) is 34.0 Å². The van der Waals surface area contributed by atoms with Crippen LogP contribution in [0.1, 0.15) is 63.9 Å². The molecule has 1 heterocycles. The van der Waals surface area contributed by atoms with Crippen molar-refractivity contribution < 1.29 is 28.5 Å². The summed E-state index contributed by atoms with van der Waals surface area (Å²) >= 11 is 1.28. The Bertz CT molecular complexity index is 1270. The van der Waals surface area contributed by atoms with Crippen LogP contribution < -0.4 is 24.8 Å². The molecule has 1 unspecified atom stereocenters. The Morgan fingerprint density at radius 2 is 1.63 bits per heavy atom. The highest BCUT2D eigenvalue weighted by Crippen LogP contribution is 2.55. The average Bonchev–Trinajstić information content (AvgIpc) is 2.93. The highest BCUT2D eigenvalue weighted by molar-refractivity contribution is 8.03. The number of nitrogens with one attached hydrogen (secondary N) is 2. The highest BCUT2D eigenvalue weighted by atomic mass is 32.2. The van der Waals surface area contributed by atoms with Gasteiger partial charge in [-0.1, -0.05) is 11.8 Å². The molecule has 0 radical (unpaired) electrons. The van der Waals surface area contributed by atoms with Gasteiger partial charge < -0.3 is 29.6 Å². The molecule has 4 fully saturated rings. The van der Waals surface area contributed by atoms with Crippen molar-refractivity contribution in [3.8, 4) is 23.3 Å². The Morgan fingerprint density at radius 3 is 2.12 bits per heavy atom. The first-order valence-corrected chi connectivity index (χ1v) is 15.3. The van der Waals surface area contributed by atoms with Crippen molar-refractivity contribution in [2.75, 3.05) is 33.7 Å². The number of hydrogen-bond acceptors (Lipinski definition) is 9. The summed E-state index contributed by atoms with van der Waals surface area (Å²) in [4.78, 5) is 26.5. The first-order chi connectivity index (χ1) is 19.7. The number of allylic oxidation sites excluding steroid dienone is 2. The predicted octanol–water partition coefficient (Wildman–Crippen LogP) is 4.79. The van der Waals surface area contributed by atoms with E-state index in [1.54, 1.807) is 26.0 Å². The van der Waals surface area contributed by atoms with Crippen molar-refractivity contribution in [1.82, 2.24) is 10.6 Å². The minimum atomic E-state index is -0.761. The molecule has 4 aliphatic carbocycles. The Balaban J connectivity index is 1.44. The topological polar surface area (TPSA) is 119 Å². The first-order valence-electron chi connectivity index (χ1n) is 14.3. The second-order valence-electron chi connectivity index (χ2n) is 11.7. The van der Waals surface area contributed by atoms with Crippen LogP contribution in [0.5, 0.6) is 17.2 Å². The van der Waals surface area contributed by atoms with Crippen molar-refractivity contribution >= 4 is 23.6 Å². The SMILES string of the molecule is CCOC(=O)C1=C(C)NC(SCC(=O)NC23CC4CC(CC(C4)C2)C3)=C(C#N)C1c1cc(OC)c(OC)c(OC)c1. The van der Waals surface area contributed by atoms with Crippen LogP contribution in [0.3, 0.4) is 0 Å². The van der Waals surface area contributed by atoms with E-state index in [2.05, 4.69) is 16.7 Å². The molecule has 0 aromatic heterocycles. The molecule has 1 atom stereocenters. The molecule has 0 spiro atoms. The Morgan fingerprint density at radius 1 is 1.05 bits per heavy atom. The fourth-order valence-electron chi connectivity index (χ4n) is 7.84. The predicted molar refractivity (Wildman–Crippen MR) is 155 cm³/mol. The van der Waals surface area contributed by atoms with E-state index in [9.17, 15) is 14.9 Å². The number of thioether (sulfide) groups is 1. The summed E-state index contributed by atoms with van der Waals surface area (Å²) in [6, 6.07) is 5.79. The number of amides is 1. The first kappa shape index (κ1) is 29.2. The third-order valence-corrected chi connectivity index (χ3v) is 9.97. The molecule has 1 aliphatic heterocycles. The number of nitrogens with zero attached hydrogens (tertiary/aromatic N) is 1. The van der Waals surface area contributed by atoms with E-state index < -0.39 is 11.9 Å². The van der Waals surface area contributed by atoms with Crippen LogP contribution in [0.25, 0.3) is 0 Å². The van der Waals surface area contributed by atoms with Crippen LogP contribution in [0, 0.1) is 29.1 Å². The summed E-state index contributed by atoms with van der Waals surface area (Å²) in [5.41, 5.74) is 1.73. The van der Waals surface area contributed by atoms with E-state index in [0.29, 0.717) is 44.7 Å². The molecule has 9 nitrogen and oxygen atoms in total. The molecule has 2 N–H and O–H groups in total. The van der Waals surface area contributed by atoms with Gasteiger partial charge in [0.15, 0.2) is 11.5 Å². The maximum atomic E-state index is 13.3. The molecule has 4 bridgehead atoms. The fraction of sp³-hybridized carbons (Fsp3) is 0.581. The maximum Gasteiger partial charge on any atom is 0.336 e. The summed E-state index contributed by atoms with van der Waals surface area (Å²) in [6.07, 6.45) is 7.16. The normalized spacial score (nSPS) is 28.1. The lowest BCUT2D eigenvalue weighted by molar-refractivity contribution is -0.138. The largest absolute Gasteiger partial charge is 0.493 e. The van der Waals surface area contributed by atoms with Crippen LogP contribution in [0.4, 0.5) is 0 Å². The maximum absolute atomic E-state index is 13.3. The summed E-state index contributed by atoms with van der Waals surface area (Å²) in [7, 11) is 4.55. The Kier molecular flexibility index (Phi) is 8.46. The highest BCUT2D eigenvalue weighted by Gasteiger charge is 2.51. The van der Waals surface area contributed by atoms with E-state index in [-0.39, 0.29) is 23.8 Å². The summed E-state index contributed by atoms with van der Waals surface area (Å²) < 4.78 is 22.0. The van der Waals surface area contributed by atoms with Crippen molar-refractivity contribution in [2.45, 2.75) is 63.8 Å². The van der Waals surface area contributed by atoms with Gasteiger partial charge in [0, 0.05) is 11.2 Å². The van der Waals surface area contributed by atoms with Gasteiger partial charge in [0.05, 0.1) is 61.9 Å². The van der Waals surface area contributed by atoms with Crippen molar-refractivity contribution in [2.24, 2.45) is 17.8 Å². The van der Waals surface area contributed by atoms with Gasteiger partial charge in [0.2, 0.25) is 11.7 Å². The minimum absolute atomic E-state index is 0.0225. The molecule has 1 amide bonds. The second kappa shape index (κ2) is 11.9. The number of hydrogen-bond donors (Lipinski definition) is 2. The van der Waals surface area contributed by atoms with Crippen molar-refractivity contribution in [1.29, 1.82) is 5.26 Å². The number of esters is 1. The zero-order valence-electron chi connectivity index (χ0n) is 24.4. The van der Waals surface area contributed by atoms with Gasteiger partial charge in [0.25, 0.3) is 0 Å². The Hall–Kier alpha value is -3.32.